The summed E-state index contributed by atoms with van der Waals surface area (Å²) in [5.41, 5.74) is 3.91. The number of nitrogens with one attached hydrogen (secondary N) is 1. The summed E-state index contributed by atoms with van der Waals surface area (Å²) < 4.78 is 6.89. The van der Waals surface area contributed by atoms with Crippen LogP contribution < -0.4 is 5.32 Å². The molecular formula is C13H15N5O. The second-order valence-corrected chi connectivity index (χ2v) is 4.55. The van der Waals surface area contributed by atoms with Crippen molar-refractivity contribution in [1.29, 1.82) is 0 Å². The molecule has 0 aromatic carbocycles. The van der Waals surface area contributed by atoms with Crippen molar-refractivity contribution in [2.24, 2.45) is 0 Å². The first-order chi connectivity index (χ1) is 9.15. The highest BCUT2D eigenvalue weighted by atomic mass is 16.5. The normalized spacial score (nSPS) is 11.1. The minimum absolute atomic E-state index is 0.606. The van der Waals surface area contributed by atoms with Crippen LogP contribution in [0.1, 0.15) is 22.6 Å². The van der Waals surface area contributed by atoms with Gasteiger partial charge < -0.3 is 9.84 Å². The molecule has 1 N–H and O–H groups in total. The molecule has 6 nitrogen and oxygen atoms in total. The second kappa shape index (κ2) is 4.38. The Morgan fingerprint density at radius 2 is 2.16 bits per heavy atom. The van der Waals surface area contributed by atoms with Crippen molar-refractivity contribution in [2.45, 2.75) is 27.3 Å². The Bertz CT molecular complexity index is 708. The Morgan fingerprint density at radius 3 is 2.84 bits per heavy atom. The molecule has 0 radical (unpaired) electrons. The van der Waals surface area contributed by atoms with Gasteiger partial charge in [0.15, 0.2) is 5.65 Å². The van der Waals surface area contributed by atoms with E-state index in [1.54, 1.807) is 4.52 Å². The zero-order valence-corrected chi connectivity index (χ0v) is 11.1. The van der Waals surface area contributed by atoms with Gasteiger partial charge in [0.2, 0.25) is 5.95 Å². The van der Waals surface area contributed by atoms with Gasteiger partial charge in [-0.05, 0) is 32.4 Å². The summed E-state index contributed by atoms with van der Waals surface area (Å²) in [5.74, 6) is 1.43. The largest absolute Gasteiger partial charge is 0.361 e. The van der Waals surface area contributed by atoms with E-state index < -0.39 is 0 Å². The smallest absolute Gasteiger partial charge is 0.243 e. The lowest BCUT2D eigenvalue weighted by atomic mass is 10.2. The highest BCUT2D eigenvalue weighted by Crippen LogP contribution is 2.15. The minimum atomic E-state index is 0.606. The number of nitrogens with zero attached hydrogens (tertiary/aromatic N) is 4. The standard InChI is InChI=1S/C13H15N5O/c1-8-5-4-6-18-12(8)15-13(16-18)14-7-11-9(2)17-19-10(11)3/h4-6H,7H2,1-3H3,(H,14,16). The Hall–Kier alpha value is -2.37. The summed E-state index contributed by atoms with van der Waals surface area (Å²) in [4.78, 5) is 4.46. The number of anilines is 1. The van der Waals surface area contributed by atoms with Crippen LogP contribution in [0.5, 0.6) is 0 Å². The number of rotatable bonds is 3. The molecule has 0 spiro atoms. The van der Waals surface area contributed by atoms with Gasteiger partial charge in [0.25, 0.3) is 0 Å². The van der Waals surface area contributed by atoms with Crippen molar-refractivity contribution >= 4 is 11.6 Å². The molecule has 19 heavy (non-hydrogen) atoms. The number of pyridine rings is 1. The molecule has 3 aromatic rings. The summed E-state index contributed by atoms with van der Waals surface area (Å²) in [6.45, 7) is 6.45. The van der Waals surface area contributed by atoms with E-state index in [2.05, 4.69) is 20.6 Å². The van der Waals surface area contributed by atoms with Crippen LogP contribution in [-0.4, -0.2) is 19.8 Å². The number of hydrogen-bond acceptors (Lipinski definition) is 5. The fraction of sp³-hybridized carbons (Fsp3) is 0.308. The third-order valence-electron chi connectivity index (χ3n) is 3.16. The molecule has 0 amide bonds. The Balaban J connectivity index is 1.84. The maximum Gasteiger partial charge on any atom is 0.243 e. The molecule has 0 aliphatic rings. The van der Waals surface area contributed by atoms with Crippen LogP contribution in [0.25, 0.3) is 5.65 Å². The van der Waals surface area contributed by atoms with Crippen molar-refractivity contribution < 1.29 is 4.52 Å². The monoisotopic (exact) mass is 257 g/mol. The van der Waals surface area contributed by atoms with E-state index in [9.17, 15) is 0 Å². The molecule has 0 aliphatic heterocycles. The maximum absolute atomic E-state index is 5.13. The van der Waals surface area contributed by atoms with E-state index >= 15 is 0 Å². The molecule has 0 saturated heterocycles. The molecule has 0 atom stereocenters. The minimum Gasteiger partial charge on any atom is -0.361 e. The van der Waals surface area contributed by atoms with Crippen LogP contribution >= 0.6 is 0 Å². The summed E-state index contributed by atoms with van der Waals surface area (Å²) >= 11 is 0. The number of aromatic nitrogens is 4. The fourth-order valence-corrected chi connectivity index (χ4v) is 2.04. The van der Waals surface area contributed by atoms with Crippen molar-refractivity contribution in [3.63, 3.8) is 0 Å². The van der Waals surface area contributed by atoms with Gasteiger partial charge in [-0.1, -0.05) is 11.2 Å². The zero-order valence-electron chi connectivity index (χ0n) is 11.1. The third kappa shape index (κ3) is 2.05. The topological polar surface area (TPSA) is 68.2 Å². The zero-order chi connectivity index (χ0) is 13.4. The van der Waals surface area contributed by atoms with Gasteiger partial charge in [0.05, 0.1) is 5.69 Å². The van der Waals surface area contributed by atoms with Crippen LogP contribution in [0.2, 0.25) is 0 Å². The first kappa shape index (κ1) is 11.7. The Morgan fingerprint density at radius 1 is 1.32 bits per heavy atom. The van der Waals surface area contributed by atoms with E-state index in [1.807, 2.05) is 39.1 Å². The lowest BCUT2D eigenvalue weighted by Crippen LogP contribution is -2.03. The number of fused-ring (bicyclic) bond motifs is 1. The number of hydrogen-bond donors (Lipinski definition) is 1. The molecule has 0 fully saturated rings. The van der Waals surface area contributed by atoms with Crippen molar-refractivity contribution in [1.82, 2.24) is 19.8 Å². The Kier molecular flexibility index (Phi) is 2.70. The summed E-state index contributed by atoms with van der Waals surface area (Å²) in [5, 5.41) is 11.5. The molecular weight excluding hydrogens is 242 g/mol. The Labute approximate surface area is 110 Å². The van der Waals surface area contributed by atoms with E-state index in [0.29, 0.717) is 12.5 Å². The SMILES string of the molecule is Cc1noc(C)c1CNc1nc2c(C)cccn2n1. The summed E-state index contributed by atoms with van der Waals surface area (Å²) in [7, 11) is 0. The molecule has 0 saturated carbocycles. The summed E-state index contributed by atoms with van der Waals surface area (Å²) in [6.07, 6.45) is 1.89. The molecule has 98 valence electrons. The van der Waals surface area contributed by atoms with Gasteiger partial charge in [0, 0.05) is 18.3 Å². The quantitative estimate of drug-likeness (QED) is 0.779. The first-order valence-corrected chi connectivity index (χ1v) is 6.13. The predicted octanol–water partition coefficient (Wildman–Crippen LogP) is 2.25. The van der Waals surface area contributed by atoms with Gasteiger partial charge in [-0.15, -0.1) is 5.10 Å². The van der Waals surface area contributed by atoms with Gasteiger partial charge in [0.1, 0.15) is 5.76 Å². The molecule has 6 heteroatoms. The van der Waals surface area contributed by atoms with E-state index in [-0.39, 0.29) is 0 Å². The number of aryl methyl sites for hydroxylation is 3. The van der Waals surface area contributed by atoms with Crippen LogP contribution in [0.3, 0.4) is 0 Å². The van der Waals surface area contributed by atoms with Gasteiger partial charge >= 0.3 is 0 Å². The van der Waals surface area contributed by atoms with Gasteiger partial charge in [-0.25, -0.2) is 4.52 Å². The average Bonchev–Trinajstić information content (AvgIpc) is 2.93. The lowest BCUT2D eigenvalue weighted by molar-refractivity contribution is 0.392. The molecule has 3 heterocycles. The van der Waals surface area contributed by atoms with Crippen LogP contribution in [0.15, 0.2) is 22.9 Å². The van der Waals surface area contributed by atoms with Gasteiger partial charge in [-0.2, -0.15) is 4.98 Å². The van der Waals surface area contributed by atoms with Crippen LogP contribution in [-0.2, 0) is 6.54 Å². The van der Waals surface area contributed by atoms with Crippen molar-refractivity contribution in [3.05, 3.63) is 40.9 Å². The average molecular weight is 257 g/mol. The molecule has 0 unspecified atom stereocenters. The molecule has 0 bridgehead atoms. The predicted molar refractivity (Wildman–Crippen MR) is 71.0 cm³/mol. The van der Waals surface area contributed by atoms with Crippen molar-refractivity contribution in [3.8, 4) is 0 Å². The molecule has 0 aliphatic carbocycles. The highest BCUT2D eigenvalue weighted by molar-refractivity contribution is 5.49. The van der Waals surface area contributed by atoms with Crippen LogP contribution in [0.4, 0.5) is 5.95 Å². The van der Waals surface area contributed by atoms with Gasteiger partial charge in [-0.3, -0.25) is 0 Å². The first-order valence-electron chi connectivity index (χ1n) is 6.13. The third-order valence-corrected chi connectivity index (χ3v) is 3.16. The van der Waals surface area contributed by atoms with E-state index in [1.165, 1.54) is 0 Å². The van der Waals surface area contributed by atoms with Crippen molar-refractivity contribution in [2.75, 3.05) is 5.32 Å². The van der Waals surface area contributed by atoms with Crippen LogP contribution in [0, 0.1) is 20.8 Å². The molecule has 3 aromatic heterocycles. The highest BCUT2D eigenvalue weighted by Gasteiger charge is 2.10. The second-order valence-electron chi connectivity index (χ2n) is 4.55. The fourth-order valence-electron chi connectivity index (χ4n) is 2.04. The maximum atomic E-state index is 5.13. The molecule has 3 rings (SSSR count). The van der Waals surface area contributed by atoms with E-state index in [4.69, 9.17) is 4.52 Å². The summed E-state index contributed by atoms with van der Waals surface area (Å²) in [6, 6.07) is 3.97. The van der Waals surface area contributed by atoms with E-state index in [0.717, 1.165) is 28.2 Å². The lowest BCUT2D eigenvalue weighted by Gasteiger charge is -2.00.